The summed E-state index contributed by atoms with van der Waals surface area (Å²) < 4.78 is 5.43. The SMILES string of the molecule is COc1ccccc1N1CCN(C(=O)C(C)N2C(=O)c3ccccc3C2=O)CC1. The Hall–Kier alpha value is -3.35. The van der Waals surface area contributed by atoms with Crippen molar-refractivity contribution in [2.24, 2.45) is 0 Å². The van der Waals surface area contributed by atoms with Crippen LogP contribution in [-0.2, 0) is 4.79 Å². The molecule has 0 spiro atoms. The molecule has 0 aromatic heterocycles. The Balaban J connectivity index is 1.44. The van der Waals surface area contributed by atoms with Gasteiger partial charge in [0.25, 0.3) is 11.8 Å². The zero-order valence-electron chi connectivity index (χ0n) is 16.5. The predicted octanol–water partition coefficient (Wildman–Crippen LogP) is 2.03. The number of amides is 3. The highest BCUT2D eigenvalue weighted by atomic mass is 16.5. The zero-order valence-corrected chi connectivity index (χ0v) is 16.5. The number of anilines is 1. The quantitative estimate of drug-likeness (QED) is 0.744. The number of imide groups is 1. The molecule has 0 saturated carbocycles. The van der Waals surface area contributed by atoms with E-state index in [-0.39, 0.29) is 5.91 Å². The number of carbonyl (C=O) groups is 3. The molecule has 0 bridgehead atoms. The second-order valence-corrected chi connectivity index (χ2v) is 7.19. The number of nitrogens with zero attached hydrogens (tertiary/aromatic N) is 3. The molecule has 4 rings (SSSR count). The minimum Gasteiger partial charge on any atom is -0.495 e. The average molecular weight is 393 g/mol. The molecule has 2 aromatic rings. The summed E-state index contributed by atoms with van der Waals surface area (Å²) in [6.45, 7) is 3.97. The van der Waals surface area contributed by atoms with Gasteiger partial charge in [0.05, 0.1) is 23.9 Å². The van der Waals surface area contributed by atoms with Crippen molar-refractivity contribution in [2.75, 3.05) is 38.2 Å². The fraction of sp³-hybridized carbons (Fsp3) is 0.318. The van der Waals surface area contributed by atoms with Crippen molar-refractivity contribution in [3.8, 4) is 5.75 Å². The van der Waals surface area contributed by atoms with Crippen LogP contribution in [0.2, 0.25) is 0 Å². The largest absolute Gasteiger partial charge is 0.495 e. The van der Waals surface area contributed by atoms with Gasteiger partial charge >= 0.3 is 0 Å². The lowest BCUT2D eigenvalue weighted by atomic mass is 10.1. The molecule has 3 amide bonds. The van der Waals surface area contributed by atoms with Crippen LogP contribution in [0.25, 0.3) is 0 Å². The van der Waals surface area contributed by atoms with Crippen LogP contribution in [0, 0.1) is 0 Å². The van der Waals surface area contributed by atoms with Crippen LogP contribution in [0.3, 0.4) is 0 Å². The smallest absolute Gasteiger partial charge is 0.262 e. The van der Waals surface area contributed by atoms with Gasteiger partial charge in [-0.25, -0.2) is 0 Å². The molecular formula is C22H23N3O4. The molecule has 1 saturated heterocycles. The molecule has 0 N–H and O–H groups in total. The summed E-state index contributed by atoms with van der Waals surface area (Å²) in [7, 11) is 1.64. The van der Waals surface area contributed by atoms with Crippen molar-refractivity contribution < 1.29 is 19.1 Å². The molecule has 1 fully saturated rings. The number of carbonyl (C=O) groups excluding carboxylic acids is 3. The number of piperazine rings is 1. The number of ether oxygens (including phenoxy) is 1. The van der Waals surface area contributed by atoms with E-state index in [0.29, 0.717) is 37.3 Å². The lowest BCUT2D eigenvalue weighted by Crippen LogP contribution is -2.55. The first-order valence-electron chi connectivity index (χ1n) is 9.66. The van der Waals surface area contributed by atoms with E-state index in [2.05, 4.69) is 4.90 Å². The molecule has 1 unspecified atom stereocenters. The summed E-state index contributed by atoms with van der Waals surface area (Å²) in [4.78, 5) is 43.3. The second kappa shape index (κ2) is 7.58. The molecular weight excluding hydrogens is 370 g/mol. The van der Waals surface area contributed by atoms with E-state index in [1.54, 1.807) is 43.2 Å². The van der Waals surface area contributed by atoms with Crippen molar-refractivity contribution in [1.29, 1.82) is 0 Å². The van der Waals surface area contributed by atoms with Crippen molar-refractivity contribution >= 4 is 23.4 Å². The first-order valence-corrected chi connectivity index (χ1v) is 9.66. The van der Waals surface area contributed by atoms with Crippen LogP contribution in [0.1, 0.15) is 27.6 Å². The molecule has 2 aliphatic heterocycles. The number of rotatable bonds is 4. The monoisotopic (exact) mass is 393 g/mol. The maximum absolute atomic E-state index is 13.0. The van der Waals surface area contributed by atoms with E-state index in [4.69, 9.17) is 4.74 Å². The standard InChI is InChI=1S/C22H23N3O4/c1-15(25-21(27)16-7-3-4-8-17(16)22(25)28)20(26)24-13-11-23(12-14-24)18-9-5-6-10-19(18)29-2/h3-10,15H,11-14H2,1-2H3. The fourth-order valence-corrected chi connectivity index (χ4v) is 3.99. The Bertz CT molecular complexity index is 931. The van der Waals surface area contributed by atoms with E-state index in [9.17, 15) is 14.4 Å². The molecule has 150 valence electrons. The van der Waals surface area contributed by atoms with Crippen LogP contribution >= 0.6 is 0 Å². The molecule has 0 radical (unpaired) electrons. The highest BCUT2D eigenvalue weighted by Gasteiger charge is 2.42. The number of methoxy groups -OCH3 is 1. The number of fused-ring (bicyclic) bond motifs is 1. The van der Waals surface area contributed by atoms with Gasteiger partial charge in [0.15, 0.2) is 0 Å². The highest BCUT2D eigenvalue weighted by molar-refractivity contribution is 6.22. The van der Waals surface area contributed by atoms with Crippen molar-refractivity contribution in [2.45, 2.75) is 13.0 Å². The highest BCUT2D eigenvalue weighted by Crippen LogP contribution is 2.29. The Labute approximate surface area is 169 Å². The van der Waals surface area contributed by atoms with Gasteiger partial charge in [0.1, 0.15) is 11.8 Å². The third-order valence-corrected chi connectivity index (χ3v) is 5.59. The van der Waals surface area contributed by atoms with Crippen LogP contribution in [0.5, 0.6) is 5.75 Å². The zero-order chi connectivity index (χ0) is 20.5. The maximum Gasteiger partial charge on any atom is 0.262 e. The summed E-state index contributed by atoms with van der Waals surface area (Å²) >= 11 is 0. The fourth-order valence-electron chi connectivity index (χ4n) is 3.99. The van der Waals surface area contributed by atoms with Crippen molar-refractivity contribution in [1.82, 2.24) is 9.80 Å². The first kappa shape index (κ1) is 19.0. The molecule has 7 heteroatoms. The molecule has 2 aliphatic rings. The van der Waals surface area contributed by atoms with Crippen molar-refractivity contribution in [3.05, 3.63) is 59.7 Å². The van der Waals surface area contributed by atoms with Gasteiger partial charge in [-0.1, -0.05) is 24.3 Å². The summed E-state index contributed by atoms with van der Waals surface area (Å²) in [5.74, 6) is -0.218. The van der Waals surface area contributed by atoms with Crippen LogP contribution in [-0.4, -0.2) is 66.9 Å². The molecule has 7 nitrogen and oxygen atoms in total. The van der Waals surface area contributed by atoms with E-state index < -0.39 is 17.9 Å². The van der Waals surface area contributed by atoms with Gasteiger partial charge in [0.2, 0.25) is 5.91 Å². The van der Waals surface area contributed by atoms with Gasteiger partial charge < -0.3 is 14.5 Å². The number of para-hydroxylation sites is 2. The lowest BCUT2D eigenvalue weighted by molar-refractivity contribution is -0.135. The molecule has 0 aliphatic carbocycles. The maximum atomic E-state index is 13.0. The predicted molar refractivity (Wildman–Crippen MR) is 108 cm³/mol. The molecule has 2 aromatic carbocycles. The Kier molecular flexibility index (Phi) is 4.96. The van der Waals surface area contributed by atoms with Gasteiger partial charge in [-0.2, -0.15) is 0 Å². The van der Waals surface area contributed by atoms with Gasteiger partial charge in [0, 0.05) is 26.2 Å². The Morgan fingerprint density at radius 3 is 2.03 bits per heavy atom. The van der Waals surface area contributed by atoms with Crippen LogP contribution in [0.4, 0.5) is 5.69 Å². The third kappa shape index (κ3) is 3.22. The number of hydrogen-bond acceptors (Lipinski definition) is 5. The molecule has 29 heavy (non-hydrogen) atoms. The second-order valence-electron chi connectivity index (χ2n) is 7.19. The number of hydrogen-bond donors (Lipinski definition) is 0. The number of benzene rings is 2. The summed E-state index contributed by atoms with van der Waals surface area (Å²) in [5.41, 5.74) is 1.71. The minimum atomic E-state index is -0.833. The summed E-state index contributed by atoms with van der Waals surface area (Å²) in [6, 6.07) is 13.6. The van der Waals surface area contributed by atoms with Crippen LogP contribution in [0.15, 0.2) is 48.5 Å². The lowest BCUT2D eigenvalue weighted by Gasteiger charge is -2.38. The normalized spacial score (nSPS) is 17.4. The van der Waals surface area contributed by atoms with Gasteiger partial charge in [-0.15, -0.1) is 0 Å². The average Bonchev–Trinajstić information content (AvgIpc) is 3.03. The van der Waals surface area contributed by atoms with E-state index in [1.807, 2.05) is 24.3 Å². The van der Waals surface area contributed by atoms with E-state index in [1.165, 1.54) is 0 Å². The minimum absolute atomic E-state index is 0.209. The summed E-state index contributed by atoms with van der Waals surface area (Å²) in [6.07, 6.45) is 0. The molecule has 1 atom stereocenters. The van der Waals surface area contributed by atoms with Crippen LogP contribution < -0.4 is 9.64 Å². The topological polar surface area (TPSA) is 70.2 Å². The first-order chi connectivity index (χ1) is 14.0. The van der Waals surface area contributed by atoms with E-state index >= 15 is 0 Å². The third-order valence-electron chi connectivity index (χ3n) is 5.59. The Morgan fingerprint density at radius 2 is 1.45 bits per heavy atom. The Morgan fingerprint density at radius 1 is 0.897 bits per heavy atom. The molecule has 2 heterocycles. The van der Waals surface area contributed by atoms with Gasteiger partial charge in [-0.3, -0.25) is 19.3 Å². The van der Waals surface area contributed by atoms with Crippen molar-refractivity contribution in [3.63, 3.8) is 0 Å². The van der Waals surface area contributed by atoms with Gasteiger partial charge in [-0.05, 0) is 31.2 Å². The summed E-state index contributed by atoms with van der Waals surface area (Å²) in [5, 5.41) is 0. The van der Waals surface area contributed by atoms with E-state index in [0.717, 1.165) is 16.3 Å².